The number of imidazole rings is 1. The first-order chi connectivity index (χ1) is 8.29. The second-order valence-electron chi connectivity index (χ2n) is 3.61. The number of aromatic nitrogens is 2. The van der Waals surface area contributed by atoms with Crippen molar-refractivity contribution >= 4 is 28.2 Å². The van der Waals surface area contributed by atoms with Crippen molar-refractivity contribution in [3.05, 3.63) is 27.7 Å². The zero-order valence-corrected chi connectivity index (χ0v) is 10.6. The van der Waals surface area contributed by atoms with Gasteiger partial charge in [0.1, 0.15) is 3.70 Å². The largest absolute Gasteiger partial charge is 0.493 e. The average Bonchev–Trinajstić information content (AvgIpc) is 2.56. The summed E-state index contributed by atoms with van der Waals surface area (Å²) < 4.78 is 29.3. The minimum atomic E-state index is -2.46. The van der Waals surface area contributed by atoms with E-state index in [2.05, 4.69) is 27.6 Å². The highest BCUT2D eigenvalue weighted by Gasteiger charge is 2.14. The lowest BCUT2D eigenvalue weighted by atomic mass is 10.2. The van der Waals surface area contributed by atoms with E-state index in [-0.39, 0.29) is 11.7 Å². The van der Waals surface area contributed by atoms with Gasteiger partial charge in [-0.3, -0.25) is 4.40 Å². The molecule has 0 aliphatic carbocycles. The topological polar surface area (TPSA) is 26.5 Å². The fraction of sp³-hybridized carbons (Fsp3) is 0.364. The summed E-state index contributed by atoms with van der Waals surface area (Å²) in [5, 5.41) is 0. The van der Waals surface area contributed by atoms with Crippen molar-refractivity contribution in [1.82, 2.24) is 9.38 Å². The van der Waals surface area contributed by atoms with Crippen molar-refractivity contribution in [3.63, 3.8) is 0 Å². The molecule has 0 amide bonds. The Morgan fingerprint density at radius 1 is 1.60 bits per heavy atom. The maximum Gasteiger partial charge on any atom is 0.180 e. The van der Waals surface area contributed by atoms with Gasteiger partial charge in [0.2, 0.25) is 0 Å². The third-order valence-electron chi connectivity index (χ3n) is 2.24. The van der Waals surface area contributed by atoms with Crippen LogP contribution < -0.4 is 4.74 Å². The van der Waals surface area contributed by atoms with Crippen molar-refractivity contribution in [2.45, 2.75) is 19.8 Å². The molecule has 0 N–H and O–H groups in total. The van der Waals surface area contributed by atoms with E-state index >= 15 is 0 Å². The van der Waals surface area contributed by atoms with Crippen LogP contribution in [0.1, 0.15) is 29.6 Å². The number of methoxy groups -OCH3 is 1. The van der Waals surface area contributed by atoms with Gasteiger partial charge in [-0.05, 0) is 40.6 Å². The first-order valence-corrected chi connectivity index (χ1v) is 5.73. The summed E-state index contributed by atoms with van der Waals surface area (Å²) >= 11 is 2.21. The molecule has 4 heteroatoms. The minimum Gasteiger partial charge on any atom is -0.493 e. The van der Waals surface area contributed by atoms with Crippen LogP contribution in [0.4, 0.5) is 0 Å². The molecule has 0 bridgehead atoms. The van der Waals surface area contributed by atoms with Crippen LogP contribution >= 0.6 is 22.6 Å². The number of hydrogen-bond donors (Lipinski definition) is 0. The Labute approximate surface area is 107 Å². The number of hydrogen-bond acceptors (Lipinski definition) is 2. The molecule has 0 spiro atoms. The average molecular weight is 319 g/mol. The predicted octanol–water partition coefficient (Wildman–Crippen LogP) is 3.07. The molecule has 0 aromatic carbocycles. The number of ether oxygens (including phenoxy) is 1. The molecule has 0 atom stereocenters. The van der Waals surface area contributed by atoms with Gasteiger partial charge in [0.25, 0.3) is 0 Å². The van der Waals surface area contributed by atoms with E-state index in [0.717, 1.165) is 9.39 Å². The van der Waals surface area contributed by atoms with Crippen molar-refractivity contribution < 1.29 is 8.85 Å². The van der Waals surface area contributed by atoms with E-state index in [0.29, 0.717) is 5.65 Å². The molecule has 0 aliphatic rings. The fourth-order valence-electron chi connectivity index (χ4n) is 1.48. The number of rotatable bonds is 2. The molecule has 0 unspecified atom stereocenters. The van der Waals surface area contributed by atoms with E-state index in [1.807, 2.05) is 24.4 Å². The molecule has 0 fully saturated rings. The normalized spacial score (nSPS) is 15.1. The summed E-state index contributed by atoms with van der Waals surface area (Å²) in [6, 6.07) is 3.37. The lowest BCUT2D eigenvalue weighted by Crippen LogP contribution is -1.92. The Morgan fingerprint density at radius 3 is 3.07 bits per heavy atom. The van der Waals surface area contributed by atoms with E-state index in [1.165, 1.54) is 0 Å². The third kappa shape index (κ3) is 1.71. The Balaban J connectivity index is 2.59. The quantitative estimate of drug-likeness (QED) is 0.795. The summed E-state index contributed by atoms with van der Waals surface area (Å²) in [5.74, 6) is 0.555. The molecule has 0 radical (unpaired) electrons. The van der Waals surface area contributed by atoms with Crippen molar-refractivity contribution in [2.75, 3.05) is 7.04 Å². The van der Waals surface area contributed by atoms with Crippen molar-refractivity contribution in [1.29, 1.82) is 0 Å². The van der Waals surface area contributed by atoms with Gasteiger partial charge in [-0.1, -0.05) is 13.8 Å². The lowest BCUT2D eigenvalue weighted by molar-refractivity contribution is 0.417. The summed E-state index contributed by atoms with van der Waals surface area (Å²) in [7, 11) is -2.46. The van der Waals surface area contributed by atoms with Gasteiger partial charge in [-0.25, -0.2) is 4.98 Å². The summed E-state index contributed by atoms with van der Waals surface area (Å²) in [5.41, 5.74) is 1.49. The highest BCUT2D eigenvalue weighted by atomic mass is 127. The van der Waals surface area contributed by atoms with Crippen LogP contribution in [-0.4, -0.2) is 16.4 Å². The Kier molecular flexibility index (Phi) is 2.00. The van der Waals surface area contributed by atoms with Crippen LogP contribution in [0.2, 0.25) is 0 Å². The Bertz CT molecular complexity index is 577. The molecule has 0 saturated carbocycles. The van der Waals surface area contributed by atoms with Crippen LogP contribution in [0.3, 0.4) is 0 Å². The first-order valence-electron chi connectivity index (χ1n) is 6.15. The van der Waals surface area contributed by atoms with E-state index in [1.54, 1.807) is 12.1 Å². The van der Waals surface area contributed by atoms with Crippen molar-refractivity contribution in [3.8, 4) is 5.75 Å². The molecule has 3 nitrogen and oxygen atoms in total. The maximum absolute atomic E-state index is 7.16. The zero-order chi connectivity index (χ0) is 13.5. The molecular weight excluding hydrogens is 303 g/mol. The summed E-state index contributed by atoms with van der Waals surface area (Å²) in [6.45, 7) is 4.10. The van der Waals surface area contributed by atoms with Gasteiger partial charge in [0.15, 0.2) is 11.4 Å². The number of nitrogens with zero attached hydrogens (tertiary/aromatic N) is 2. The third-order valence-corrected chi connectivity index (χ3v) is 3.31. The van der Waals surface area contributed by atoms with E-state index < -0.39 is 7.04 Å². The first kappa shape index (κ1) is 7.49. The van der Waals surface area contributed by atoms with Crippen LogP contribution in [0.15, 0.2) is 18.3 Å². The van der Waals surface area contributed by atoms with Gasteiger partial charge in [0, 0.05) is 6.20 Å². The van der Waals surface area contributed by atoms with Crippen LogP contribution in [-0.2, 0) is 0 Å². The monoisotopic (exact) mass is 319 g/mol. The Hall–Kier alpha value is -0.780. The zero-order valence-electron chi connectivity index (χ0n) is 11.5. The van der Waals surface area contributed by atoms with Crippen molar-refractivity contribution in [2.24, 2.45) is 0 Å². The predicted molar refractivity (Wildman–Crippen MR) is 68.6 cm³/mol. The summed E-state index contributed by atoms with van der Waals surface area (Å²) in [4.78, 5) is 4.48. The number of halogens is 1. The number of fused-ring (bicyclic) bond motifs is 1. The molecule has 2 aromatic rings. The molecule has 15 heavy (non-hydrogen) atoms. The smallest absolute Gasteiger partial charge is 0.180 e. The molecule has 2 aromatic heterocycles. The van der Waals surface area contributed by atoms with Gasteiger partial charge >= 0.3 is 0 Å². The minimum absolute atomic E-state index is 0.275. The van der Waals surface area contributed by atoms with Crippen LogP contribution in [0.5, 0.6) is 5.75 Å². The lowest BCUT2D eigenvalue weighted by Gasteiger charge is -2.01. The second kappa shape index (κ2) is 4.00. The standard InChI is InChI=1S/C11H13IN2O/c1-7(2)9-10(12)14-6-4-5-8(15-3)11(14)13-9/h4-7H,1-3H3/i3D3. The van der Waals surface area contributed by atoms with E-state index in [9.17, 15) is 0 Å². The van der Waals surface area contributed by atoms with Crippen LogP contribution in [0, 0.1) is 3.70 Å². The highest BCUT2D eigenvalue weighted by molar-refractivity contribution is 14.1. The summed E-state index contributed by atoms with van der Waals surface area (Å²) in [6.07, 6.45) is 1.85. The second-order valence-corrected chi connectivity index (χ2v) is 4.63. The molecule has 2 rings (SSSR count). The SMILES string of the molecule is [2H]C([2H])([2H])Oc1cccn2c(I)c(C(C)C)nc12. The van der Waals surface area contributed by atoms with Gasteiger partial charge in [-0.2, -0.15) is 0 Å². The highest BCUT2D eigenvalue weighted by Crippen LogP contribution is 2.26. The van der Waals surface area contributed by atoms with Crippen LogP contribution in [0.25, 0.3) is 5.65 Å². The fourth-order valence-corrected chi connectivity index (χ4v) is 2.61. The maximum atomic E-state index is 7.16. The number of pyridine rings is 1. The van der Waals surface area contributed by atoms with E-state index in [4.69, 9.17) is 8.85 Å². The molecule has 0 aliphatic heterocycles. The van der Waals surface area contributed by atoms with Gasteiger partial charge in [0.05, 0.1) is 16.8 Å². The molecule has 0 saturated heterocycles. The van der Waals surface area contributed by atoms with Gasteiger partial charge < -0.3 is 4.74 Å². The van der Waals surface area contributed by atoms with Gasteiger partial charge in [-0.15, -0.1) is 0 Å². The molecule has 80 valence electrons. The Morgan fingerprint density at radius 2 is 2.40 bits per heavy atom. The molecule has 2 heterocycles. The molecular formula is C11H13IN2O.